The molecule has 2 aromatic heterocycles. The fourth-order valence-corrected chi connectivity index (χ4v) is 3.34. The molecule has 0 aliphatic rings. The summed E-state index contributed by atoms with van der Waals surface area (Å²) < 4.78 is 10.2. The molecule has 0 fully saturated rings. The Morgan fingerprint density at radius 2 is 2.14 bits per heavy atom. The van der Waals surface area contributed by atoms with Gasteiger partial charge in [-0.05, 0) is 39.8 Å². The molecule has 29 heavy (non-hydrogen) atoms. The standard InChI is InChI=1S/C19H27N5O4S/c1-5-20-19(22-11-15(25)21-10-14-8-7-9-28-14)24-13(4)17-23-12(3)16(29-17)18(26)27-6-2/h7-9,13H,5-6,10-11H2,1-4H3,(H,21,25)(H2,20,22,24). The van der Waals surface area contributed by atoms with E-state index in [9.17, 15) is 9.59 Å². The monoisotopic (exact) mass is 421 g/mol. The van der Waals surface area contributed by atoms with Crippen molar-refractivity contribution >= 4 is 29.2 Å². The molecule has 1 unspecified atom stereocenters. The molecule has 0 radical (unpaired) electrons. The van der Waals surface area contributed by atoms with E-state index >= 15 is 0 Å². The molecule has 1 atom stereocenters. The SMILES string of the molecule is CCNC(=NCC(=O)NCc1ccco1)NC(C)c1nc(C)c(C(=O)OCC)s1. The molecule has 158 valence electrons. The van der Waals surface area contributed by atoms with E-state index in [1.807, 2.05) is 13.8 Å². The maximum atomic E-state index is 12.0. The number of nitrogens with zero attached hydrogens (tertiary/aromatic N) is 2. The van der Waals surface area contributed by atoms with Gasteiger partial charge in [0.1, 0.15) is 22.2 Å². The summed E-state index contributed by atoms with van der Waals surface area (Å²) in [5, 5.41) is 9.79. The molecule has 0 bridgehead atoms. The van der Waals surface area contributed by atoms with Gasteiger partial charge in [0, 0.05) is 6.54 Å². The molecule has 2 aromatic rings. The Balaban J connectivity index is 1.96. The average molecular weight is 422 g/mol. The number of furan rings is 1. The van der Waals surface area contributed by atoms with Crippen LogP contribution in [0.25, 0.3) is 0 Å². The average Bonchev–Trinajstić information content (AvgIpc) is 3.34. The number of ether oxygens (including phenoxy) is 1. The number of amides is 1. The summed E-state index contributed by atoms with van der Waals surface area (Å²) in [7, 11) is 0. The molecule has 2 rings (SSSR count). The van der Waals surface area contributed by atoms with E-state index in [2.05, 4.69) is 25.9 Å². The normalized spacial score (nSPS) is 12.3. The summed E-state index contributed by atoms with van der Waals surface area (Å²) >= 11 is 1.29. The Kier molecular flexibility index (Phi) is 8.66. The maximum Gasteiger partial charge on any atom is 0.350 e. The van der Waals surface area contributed by atoms with Crippen LogP contribution in [0, 0.1) is 6.92 Å². The summed E-state index contributed by atoms with van der Waals surface area (Å²) in [5.74, 6) is 0.576. The zero-order chi connectivity index (χ0) is 21.2. The number of guanidine groups is 1. The van der Waals surface area contributed by atoms with E-state index in [0.29, 0.717) is 42.0 Å². The highest BCUT2D eigenvalue weighted by molar-refractivity contribution is 7.13. The van der Waals surface area contributed by atoms with Crippen LogP contribution >= 0.6 is 11.3 Å². The topological polar surface area (TPSA) is 118 Å². The van der Waals surface area contributed by atoms with Gasteiger partial charge in [0.15, 0.2) is 5.96 Å². The first-order chi connectivity index (χ1) is 13.9. The Morgan fingerprint density at radius 1 is 1.34 bits per heavy atom. The van der Waals surface area contributed by atoms with Gasteiger partial charge in [-0.2, -0.15) is 0 Å². The van der Waals surface area contributed by atoms with E-state index in [-0.39, 0.29) is 24.5 Å². The lowest BCUT2D eigenvalue weighted by Gasteiger charge is -2.16. The summed E-state index contributed by atoms with van der Waals surface area (Å²) in [5.41, 5.74) is 0.636. The second-order valence-electron chi connectivity index (χ2n) is 6.10. The number of nitrogens with one attached hydrogen (secondary N) is 3. The van der Waals surface area contributed by atoms with Gasteiger partial charge in [-0.25, -0.2) is 14.8 Å². The number of aromatic nitrogens is 1. The van der Waals surface area contributed by atoms with Gasteiger partial charge in [0.05, 0.1) is 31.2 Å². The Morgan fingerprint density at radius 3 is 2.79 bits per heavy atom. The van der Waals surface area contributed by atoms with E-state index in [1.54, 1.807) is 32.2 Å². The van der Waals surface area contributed by atoms with Crippen molar-refractivity contribution in [3.05, 3.63) is 39.7 Å². The number of aryl methyl sites for hydroxylation is 1. The van der Waals surface area contributed by atoms with Crippen molar-refractivity contribution in [2.45, 2.75) is 40.3 Å². The zero-order valence-electron chi connectivity index (χ0n) is 17.1. The van der Waals surface area contributed by atoms with Crippen LogP contribution in [0.3, 0.4) is 0 Å². The van der Waals surface area contributed by atoms with Crippen molar-refractivity contribution in [3.8, 4) is 0 Å². The largest absolute Gasteiger partial charge is 0.467 e. The van der Waals surface area contributed by atoms with E-state index in [4.69, 9.17) is 9.15 Å². The van der Waals surface area contributed by atoms with E-state index < -0.39 is 0 Å². The summed E-state index contributed by atoms with van der Waals surface area (Å²) in [6, 6.07) is 3.35. The highest BCUT2D eigenvalue weighted by Gasteiger charge is 2.20. The molecule has 0 aliphatic heterocycles. The molecule has 0 saturated heterocycles. The van der Waals surface area contributed by atoms with Crippen molar-refractivity contribution in [1.82, 2.24) is 20.9 Å². The predicted octanol–water partition coefficient (Wildman–Crippen LogP) is 2.15. The third-order valence-electron chi connectivity index (χ3n) is 3.76. The minimum atomic E-state index is -0.366. The number of esters is 1. The molecule has 1 amide bonds. The zero-order valence-corrected chi connectivity index (χ0v) is 17.9. The maximum absolute atomic E-state index is 12.0. The minimum absolute atomic E-state index is 0.0340. The molecule has 0 aromatic carbocycles. The number of rotatable bonds is 9. The van der Waals surface area contributed by atoms with Gasteiger partial charge in [-0.3, -0.25) is 4.79 Å². The van der Waals surface area contributed by atoms with Gasteiger partial charge >= 0.3 is 5.97 Å². The smallest absolute Gasteiger partial charge is 0.350 e. The van der Waals surface area contributed by atoms with Crippen LogP contribution < -0.4 is 16.0 Å². The number of hydrogen-bond acceptors (Lipinski definition) is 7. The summed E-state index contributed by atoms with van der Waals surface area (Å²) in [6.07, 6.45) is 1.56. The molecule has 10 heteroatoms. The van der Waals surface area contributed by atoms with Crippen molar-refractivity contribution in [2.24, 2.45) is 4.99 Å². The van der Waals surface area contributed by atoms with Gasteiger partial charge in [-0.15, -0.1) is 11.3 Å². The van der Waals surface area contributed by atoms with Crippen molar-refractivity contribution in [2.75, 3.05) is 19.7 Å². The number of carbonyl (C=O) groups excluding carboxylic acids is 2. The van der Waals surface area contributed by atoms with Crippen LogP contribution in [0.15, 0.2) is 27.8 Å². The highest BCUT2D eigenvalue weighted by atomic mass is 32.1. The van der Waals surface area contributed by atoms with E-state index in [1.165, 1.54) is 11.3 Å². The lowest BCUT2D eigenvalue weighted by atomic mass is 10.3. The molecular weight excluding hydrogens is 394 g/mol. The lowest BCUT2D eigenvalue weighted by molar-refractivity contribution is -0.119. The Bertz CT molecular complexity index is 832. The molecule has 0 spiro atoms. The second kappa shape index (κ2) is 11.2. The van der Waals surface area contributed by atoms with Crippen LogP contribution in [0.4, 0.5) is 0 Å². The van der Waals surface area contributed by atoms with E-state index in [0.717, 1.165) is 5.01 Å². The van der Waals surface area contributed by atoms with Crippen LogP contribution in [0.2, 0.25) is 0 Å². The molecule has 9 nitrogen and oxygen atoms in total. The third kappa shape index (κ3) is 6.90. The van der Waals surface area contributed by atoms with Crippen LogP contribution in [0.1, 0.15) is 52.9 Å². The second-order valence-corrected chi connectivity index (χ2v) is 7.14. The fourth-order valence-electron chi connectivity index (χ4n) is 2.38. The highest BCUT2D eigenvalue weighted by Crippen LogP contribution is 2.24. The molecule has 0 saturated carbocycles. The van der Waals surface area contributed by atoms with Crippen molar-refractivity contribution < 1.29 is 18.7 Å². The van der Waals surface area contributed by atoms with Crippen LogP contribution in [0.5, 0.6) is 0 Å². The quantitative estimate of drug-likeness (QED) is 0.323. The van der Waals surface area contributed by atoms with Gasteiger partial charge in [-0.1, -0.05) is 0 Å². The van der Waals surface area contributed by atoms with Gasteiger partial charge in [0.2, 0.25) is 5.91 Å². The number of aliphatic imine (C=N–C) groups is 1. The minimum Gasteiger partial charge on any atom is -0.467 e. The summed E-state index contributed by atoms with van der Waals surface area (Å²) in [6.45, 7) is 8.63. The Hall–Kier alpha value is -2.88. The molecular formula is C19H27N5O4S. The molecule has 3 N–H and O–H groups in total. The third-order valence-corrected chi connectivity index (χ3v) is 5.08. The lowest BCUT2D eigenvalue weighted by Crippen LogP contribution is -2.39. The van der Waals surface area contributed by atoms with Crippen LogP contribution in [-0.4, -0.2) is 42.5 Å². The molecule has 0 aliphatic carbocycles. The Labute approximate surface area is 174 Å². The van der Waals surface area contributed by atoms with Crippen LogP contribution in [-0.2, 0) is 16.1 Å². The van der Waals surface area contributed by atoms with Crippen molar-refractivity contribution in [3.63, 3.8) is 0 Å². The fraction of sp³-hybridized carbons (Fsp3) is 0.474. The van der Waals surface area contributed by atoms with Gasteiger partial charge < -0.3 is 25.1 Å². The number of thiazole rings is 1. The first kappa shape index (κ1) is 22.4. The predicted molar refractivity (Wildman–Crippen MR) is 111 cm³/mol. The number of carbonyl (C=O) groups is 2. The van der Waals surface area contributed by atoms with Crippen molar-refractivity contribution in [1.29, 1.82) is 0 Å². The molecule has 2 heterocycles. The number of hydrogen-bond donors (Lipinski definition) is 3. The summed E-state index contributed by atoms with van der Waals surface area (Å²) in [4.78, 5) is 33.3. The first-order valence-corrected chi connectivity index (χ1v) is 10.2. The van der Waals surface area contributed by atoms with Gasteiger partial charge in [0.25, 0.3) is 0 Å². The first-order valence-electron chi connectivity index (χ1n) is 9.42.